The van der Waals surface area contributed by atoms with Gasteiger partial charge in [0.25, 0.3) is 0 Å². The Morgan fingerprint density at radius 1 is 1.02 bits per heavy atom. The molecular weight excluding hydrogens is 544 g/mol. The fraction of sp³-hybridized carbons (Fsp3) is 0.310. The van der Waals surface area contributed by atoms with Crippen LogP contribution in [0.1, 0.15) is 34.6 Å². The van der Waals surface area contributed by atoms with Gasteiger partial charge >= 0.3 is 12.1 Å². The molecule has 2 heterocycles. The van der Waals surface area contributed by atoms with E-state index in [1.54, 1.807) is 0 Å². The summed E-state index contributed by atoms with van der Waals surface area (Å²) in [6, 6.07) is 8.69. The highest BCUT2D eigenvalue weighted by Gasteiger charge is 2.40. The number of piperazine rings is 1. The van der Waals surface area contributed by atoms with Crippen molar-refractivity contribution >= 4 is 29.0 Å². The van der Waals surface area contributed by atoms with Gasteiger partial charge in [0.15, 0.2) is 0 Å². The molecule has 0 aromatic heterocycles. The van der Waals surface area contributed by atoms with Gasteiger partial charge in [-0.3, -0.25) is 4.79 Å². The summed E-state index contributed by atoms with van der Waals surface area (Å²) in [5.74, 6) is -4.07. The number of benzene rings is 3. The summed E-state index contributed by atoms with van der Waals surface area (Å²) in [5, 5.41) is 9.94. The van der Waals surface area contributed by atoms with Gasteiger partial charge in [0, 0.05) is 43.3 Å². The molecule has 0 aliphatic carbocycles. The van der Waals surface area contributed by atoms with Crippen molar-refractivity contribution in [1.82, 2.24) is 4.90 Å². The number of nitrogens with zero attached hydrogens (tertiary/aromatic N) is 4. The molecule has 0 bridgehead atoms. The van der Waals surface area contributed by atoms with Gasteiger partial charge in [0.2, 0.25) is 5.96 Å². The molecule has 216 valence electrons. The Labute approximate surface area is 245 Å². The maximum atomic E-state index is 15.4. The van der Waals surface area contributed by atoms with Crippen molar-refractivity contribution in [3.63, 3.8) is 0 Å². The van der Waals surface area contributed by atoms with E-state index in [1.165, 1.54) is 37.4 Å². The van der Waals surface area contributed by atoms with Crippen molar-refractivity contribution in [2.75, 3.05) is 50.0 Å². The molecule has 2 aliphatic heterocycles. The summed E-state index contributed by atoms with van der Waals surface area (Å²) >= 11 is 0. The van der Waals surface area contributed by atoms with Gasteiger partial charge in [-0.1, -0.05) is 18.2 Å². The lowest BCUT2D eigenvalue weighted by Gasteiger charge is -2.45. The molecule has 0 radical (unpaired) electrons. The summed E-state index contributed by atoms with van der Waals surface area (Å²) in [6.07, 6.45) is -5.98. The van der Waals surface area contributed by atoms with Gasteiger partial charge in [0.05, 0.1) is 48.9 Å². The molecule has 41 heavy (non-hydrogen) atoms. The number of ether oxygens (including phenoxy) is 2. The predicted octanol–water partition coefficient (Wildman–Crippen LogP) is 5.71. The zero-order valence-corrected chi connectivity index (χ0v) is 21.5. The second-order valence-electron chi connectivity index (χ2n) is 8.78. The van der Waals surface area contributed by atoms with Crippen molar-refractivity contribution in [1.29, 1.82) is 0 Å². The first kappa shape index (κ1) is 19.6. The van der Waals surface area contributed by atoms with Crippen LogP contribution in [0.2, 0.25) is 0 Å². The highest BCUT2D eigenvalue weighted by Crippen LogP contribution is 2.46. The molecule has 8 nitrogen and oxygen atoms in total. The van der Waals surface area contributed by atoms with Gasteiger partial charge in [-0.2, -0.15) is 13.2 Å². The van der Waals surface area contributed by atoms with E-state index >= 15 is 4.39 Å². The molecular formula is C29H28F4N4O4. The first-order valence-electron chi connectivity index (χ1n) is 16.0. The van der Waals surface area contributed by atoms with E-state index in [9.17, 15) is 23.1 Å². The van der Waals surface area contributed by atoms with Gasteiger partial charge in [0.1, 0.15) is 23.0 Å². The number of fused-ring (bicyclic) bond motifs is 1. The summed E-state index contributed by atoms with van der Waals surface area (Å²) in [6.45, 7) is -14.4. The van der Waals surface area contributed by atoms with E-state index < -0.39 is 79.3 Å². The topological polar surface area (TPSA) is 77.8 Å². The Balaban J connectivity index is 1.87. The van der Waals surface area contributed by atoms with E-state index in [4.69, 9.17) is 20.4 Å². The molecule has 1 fully saturated rings. The predicted molar refractivity (Wildman–Crippen MR) is 146 cm³/mol. The van der Waals surface area contributed by atoms with Crippen molar-refractivity contribution in [2.45, 2.75) is 18.6 Å². The van der Waals surface area contributed by atoms with Gasteiger partial charge in [-0.15, -0.1) is 0 Å². The fourth-order valence-corrected chi connectivity index (χ4v) is 4.44. The number of methoxy groups -OCH3 is 2. The third kappa shape index (κ3) is 5.59. The number of rotatable bonds is 6. The maximum absolute atomic E-state index is 15.4. The number of carbonyl (C=O) groups is 1. The molecule has 1 unspecified atom stereocenters. The first-order chi connectivity index (χ1) is 22.6. The van der Waals surface area contributed by atoms with Crippen LogP contribution in [-0.4, -0.2) is 62.1 Å². The molecule has 0 saturated carbocycles. The highest BCUT2D eigenvalue weighted by atomic mass is 19.4. The van der Waals surface area contributed by atoms with Crippen LogP contribution in [0.3, 0.4) is 0 Å². The van der Waals surface area contributed by atoms with E-state index in [2.05, 4.69) is 4.99 Å². The van der Waals surface area contributed by atoms with Gasteiger partial charge in [-0.25, -0.2) is 9.38 Å². The minimum absolute atomic E-state index is 0.0688. The molecule has 2 aliphatic rings. The smallest absolute Gasteiger partial charge is 0.416 e. The number of carboxylic acid groups (broad SMARTS) is 1. The Hall–Kier alpha value is -4.48. The molecule has 3 aromatic carbocycles. The molecule has 1 saturated heterocycles. The average molecular weight is 581 g/mol. The zero-order chi connectivity index (χ0) is 36.5. The number of alkyl halides is 3. The van der Waals surface area contributed by atoms with E-state index in [0.717, 1.165) is 25.3 Å². The molecule has 0 spiro atoms. The van der Waals surface area contributed by atoms with Gasteiger partial charge in [-0.05, 0) is 36.4 Å². The summed E-state index contributed by atoms with van der Waals surface area (Å²) < 4.78 is 140. The normalized spacial score (nSPS) is 25.0. The van der Waals surface area contributed by atoms with Crippen LogP contribution in [0.4, 0.5) is 34.6 Å². The lowest BCUT2D eigenvalue weighted by molar-refractivity contribution is -0.138. The number of aliphatic carboxylic acids is 1. The Morgan fingerprint density at radius 2 is 1.73 bits per heavy atom. The zero-order valence-electron chi connectivity index (χ0n) is 29.5. The van der Waals surface area contributed by atoms with Crippen LogP contribution in [0.5, 0.6) is 11.5 Å². The van der Waals surface area contributed by atoms with Crippen LogP contribution < -0.4 is 19.3 Å². The number of hydrogen-bond donors (Lipinski definition) is 1. The maximum Gasteiger partial charge on any atom is 0.416 e. The second kappa shape index (κ2) is 11.2. The van der Waals surface area contributed by atoms with Crippen molar-refractivity contribution < 1.29 is 47.9 Å². The minimum atomic E-state index is -4.99. The van der Waals surface area contributed by atoms with Crippen molar-refractivity contribution in [3.8, 4) is 11.5 Å². The molecule has 0 amide bonds. The minimum Gasteiger partial charge on any atom is -0.497 e. The summed E-state index contributed by atoms with van der Waals surface area (Å²) in [7, 11) is 2.33. The van der Waals surface area contributed by atoms with E-state index in [-0.39, 0.29) is 32.5 Å². The second-order valence-corrected chi connectivity index (χ2v) is 8.78. The Morgan fingerprint density at radius 3 is 2.39 bits per heavy atom. The first-order valence-corrected chi connectivity index (χ1v) is 12.0. The average Bonchev–Trinajstić information content (AvgIpc) is 2.99. The van der Waals surface area contributed by atoms with E-state index in [1.807, 2.05) is 0 Å². The Kier molecular flexibility index (Phi) is 5.34. The van der Waals surface area contributed by atoms with Gasteiger partial charge < -0.3 is 29.3 Å². The SMILES string of the molecule is [2H]C1([2H])N(C2=Nc3c(F)cccc3C(CC(=O)O)N2c2cc(C(F)(F)F)ccc2OC)C([2H])([2H])C([2H])([2H])N(c2cccc(OC)c2)C1([2H])[2H]. The number of halogens is 4. The number of guanidine groups is 1. The molecule has 5 rings (SSSR count). The van der Waals surface area contributed by atoms with E-state index in [0.29, 0.717) is 17.0 Å². The summed E-state index contributed by atoms with van der Waals surface area (Å²) in [4.78, 5) is 17.2. The standard InChI is InChI=1S/C29H28F4N4O4/c1-40-20-6-3-5-19(16-20)35-11-13-36(14-12-35)28-34-27-21(7-4-8-22(27)30)23(17-26(38)39)37(28)24-15-18(29(31,32)33)9-10-25(24)41-2/h3-10,15-16,23H,11-14,17H2,1-2H3,(H,38,39)/i11D2,12D2,13D2,14D2. The number of carboxylic acids is 1. The highest BCUT2D eigenvalue weighted by molar-refractivity contribution is 6.02. The van der Waals surface area contributed by atoms with Crippen LogP contribution in [0.25, 0.3) is 0 Å². The lowest BCUT2D eigenvalue weighted by atomic mass is 9.96. The summed E-state index contributed by atoms with van der Waals surface area (Å²) in [5.41, 5.74) is -3.10. The molecule has 1 atom stereocenters. The number of para-hydroxylation sites is 1. The van der Waals surface area contributed by atoms with Crippen LogP contribution >= 0.6 is 0 Å². The molecule has 12 heteroatoms. The van der Waals surface area contributed by atoms with Crippen LogP contribution in [-0.2, 0) is 11.0 Å². The lowest BCUT2D eigenvalue weighted by Crippen LogP contribution is -2.55. The largest absolute Gasteiger partial charge is 0.497 e. The van der Waals surface area contributed by atoms with Crippen molar-refractivity contribution in [2.24, 2.45) is 4.99 Å². The molecule has 3 aromatic rings. The Bertz CT molecular complexity index is 1800. The van der Waals surface area contributed by atoms with Crippen molar-refractivity contribution in [3.05, 3.63) is 77.6 Å². The molecule has 1 N–H and O–H groups in total. The number of anilines is 2. The quantitative estimate of drug-likeness (QED) is 0.375. The van der Waals surface area contributed by atoms with Crippen LogP contribution in [0.15, 0.2) is 65.7 Å². The number of hydrogen-bond acceptors (Lipinski definition) is 7. The van der Waals surface area contributed by atoms with Crippen LogP contribution in [0, 0.1) is 5.82 Å². The third-order valence-electron chi connectivity index (χ3n) is 6.31. The fourth-order valence-electron chi connectivity index (χ4n) is 4.44. The third-order valence-corrected chi connectivity index (χ3v) is 6.31. The monoisotopic (exact) mass is 580 g/mol. The number of aliphatic imine (C=N–C) groups is 1.